The summed E-state index contributed by atoms with van der Waals surface area (Å²) in [5.41, 5.74) is 0. The summed E-state index contributed by atoms with van der Waals surface area (Å²) >= 11 is 0. The van der Waals surface area contributed by atoms with Crippen LogP contribution < -0.4 is 4.90 Å². The number of likely N-dealkylation sites (tertiary alicyclic amines) is 1. The van der Waals surface area contributed by atoms with Crippen molar-refractivity contribution in [2.24, 2.45) is 5.92 Å². The molecular formula is C17H27N5O. The van der Waals surface area contributed by atoms with Crippen molar-refractivity contribution >= 4 is 11.7 Å². The molecule has 6 heteroatoms. The van der Waals surface area contributed by atoms with Crippen molar-refractivity contribution in [3.05, 3.63) is 18.1 Å². The number of hydrogen-bond donors (Lipinski definition) is 0. The van der Waals surface area contributed by atoms with Crippen molar-refractivity contribution in [2.45, 2.75) is 26.2 Å². The van der Waals surface area contributed by atoms with Crippen molar-refractivity contribution in [1.29, 1.82) is 0 Å². The highest BCUT2D eigenvalue weighted by Crippen LogP contribution is 2.20. The topological polar surface area (TPSA) is 52.6 Å². The van der Waals surface area contributed by atoms with E-state index >= 15 is 0 Å². The SMILES string of the molecule is Cc1nccc(N2CCCN(C(=O)C3CCCN(C)C3)CC2)n1. The van der Waals surface area contributed by atoms with Gasteiger partial charge < -0.3 is 14.7 Å². The van der Waals surface area contributed by atoms with Gasteiger partial charge in [0.2, 0.25) is 5.91 Å². The van der Waals surface area contributed by atoms with Crippen molar-refractivity contribution in [2.75, 3.05) is 51.2 Å². The Balaban J connectivity index is 1.61. The average Bonchev–Trinajstić information content (AvgIpc) is 2.80. The Kier molecular flexibility index (Phi) is 5.10. The van der Waals surface area contributed by atoms with Crippen LogP contribution in [-0.4, -0.2) is 72.0 Å². The first-order chi connectivity index (χ1) is 11.1. The van der Waals surface area contributed by atoms with Gasteiger partial charge in [-0.25, -0.2) is 9.97 Å². The molecule has 1 atom stereocenters. The maximum atomic E-state index is 12.8. The van der Waals surface area contributed by atoms with Crippen LogP contribution in [0.4, 0.5) is 5.82 Å². The number of rotatable bonds is 2. The van der Waals surface area contributed by atoms with Crippen LogP contribution in [0.15, 0.2) is 12.3 Å². The molecule has 0 saturated carbocycles. The highest BCUT2D eigenvalue weighted by molar-refractivity contribution is 5.79. The van der Waals surface area contributed by atoms with Crippen LogP contribution in [0.1, 0.15) is 25.1 Å². The number of carbonyl (C=O) groups is 1. The van der Waals surface area contributed by atoms with Gasteiger partial charge in [0.05, 0.1) is 5.92 Å². The summed E-state index contributed by atoms with van der Waals surface area (Å²) in [7, 11) is 2.11. The molecule has 2 aliphatic rings. The molecule has 126 valence electrons. The highest BCUT2D eigenvalue weighted by atomic mass is 16.2. The first-order valence-electron chi connectivity index (χ1n) is 8.65. The first kappa shape index (κ1) is 16.2. The van der Waals surface area contributed by atoms with Crippen LogP contribution in [0.25, 0.3) is 0 Å². The Hall–Kier alpha value is -1.69. The zero-order valence-electron chi connectivity index (χ0n) is 14.2. The van der Waals surface area contributed by atoms with Gasteiger partial charge in [-0.15, -0.1) is 0 Å². The lowest BCUT2D eigenvalue weighted by Gasteiger charge is -2.32. The van der Waals surface area contributed by atoms with Crippen molar-refractivity contribution < 1.29 is 4.79 Å². The second-order valence-corrected chi connectivity index (χ2v) is 6.73. The van der Waals surface area contributed by atoms with E-state index in [1.54, 1.807) is 0 Å². The van der Waals surface area contributed by atoms with Gasteiger partial charge in [0.15, 0.2) is 0 Å². The predicted octanol–water partition coefficient (Wildman–Crippen LogP) is 1.17. The van der Waals surface area contributed by atoms with E-state index in [4.69, 9.17) is 0 Å². The lowest BCUT2D eigenvalue weighted by Crippen LogP contribution is -2.44. The van der Waals surface area contributed by atoms with Crippen LogP contribution in [0.3, 0.4) is 0 Å². The number of amides is 1. The number of anilines is 1. The summed E-state index contributed by atoms with van der Waals surface area (Å²) in [6, 6.07) is 1.96. The third-order valence-corrected chi connectivity index (χ3v) is 4.87. The molecular weight excluding hydrogens is 290 g/mol. The maximum Gasteiger partial charge on any atom is 0.227 e. The lowest BCUT2D eigenvalue weighted by atomic mass is 9.97. The van der Waals surface area contributed by atoms with E-state index in [1.807, 2.05) is 19.2 Å². The summed E-state index contributed by atoms with van der Waals surface area (Å²) in [4.78, 5) is 28.1. The first-order valence-corrected chi connectivity index (χ1v) is 8.65. The monoisotopic (exact) mass is 317 g/mol. The molecule has 2 aliphatic heterocycles. The average molecular weight is 317 g/mol. The highest BCUT2D eigenvalue weighted by Gasteiger charge is 2.29. The molecule has 0 bridgehead atoms. The minimum atomic E-state index is 0.182. The van der Waals surface area contributed by atoms with Gasteiger partial charge in [0, 0.05) is 38.9 Å². The normalized spacial score (nSPS) is 23.7. The van der Waals surface area contributed by atoms with Gasteiger partial charge in [-0.05, 0) is 45.8 Å². The molecule has 3 rings (SSSR count). The second kappa shape index (κ2) is 7.25. The zero-order valence-corrected chi connectivity index (χ0v) is 14.2. The van der Waals surface area contributed by atoms with E-state index in [1.165, 1.54) is 0 Å². The Morgan fingerprint density at radius 3 is 2.83 bits per heavy atom. The third-order valence-electron chi connectivity index (χ3n) is 4.87. The molecule has 1 aromatic rings. The molecule has 2 saturated heterocycles. The molecule has 0 aromatic carbocycles. The van der Waals surface area contributed by atoms with Crippen molar-refractivity contribution in [3.8, 4) is 0 Å². The number of aromatic nitrogens is 2. The number of carbonyl (C=O) groups excluding carboxylic acids is 1. The summed E-state index contributed by atoms with van der Waals surface area (Å²) in [5.74, 6) is 2.30. The van der Waals surface area contributed by atoms with Crippen LogP contribution in [-0.2, 0) is 4.79 Å². The summed E-state index contributed by atoms with van der Waals surface area (Å²) < 4.78 is 0. The van der Waals surface area contributed by atoms with Crippen molar-refractivity contribution in [3.63, 3.8) is 0 Å². The Bertz CT molecular complexity index is 550. The quantitative estimate of drug-likeness (QED) is 0.819. The Morgan fingerprint density at radius 1 is 1.17 bits per heavy atom. The minimum Gasteiger partial charge on any atom is -0.355 e. The van der Waals surface area contributed by atoms with Gasteiger partial charge in [-0.2, -0.15) is 0 Å². The molecule has 6 nitrogen and oxygen atoms in total. The predicted molar refractivity (Wildman–Crippen MR) is 90.4 cm³/mol. The van der Waals surface area contributed by atoms with E-state index in [9.17, 15) is 4.79 Å². The van der Waals surface area contributed by atoms with Gasteiger partial charge in [0.25, 0.3) is 0 Å². The molecule has 23 heavy (non-hydrogen) atoms. The van der Waals surface area contributed by atoms with E-state index in [2.05, 4.69) is 31.7 Å². The summed E-state index contributed by atoms with van der Waals surface area (Å²) in [5, 5.41) is 0. The number of piperidine rings is 1. The number of hydrogen-bond acceptors (Lipinski definition) is 5. The van der Waals surface area contributed by atoms with Crippen LogP contribution in [0.5, 0.6) is 0 Å². The van der Waals surface area contributed by atoms with Gasteiger partial charge >= 0.3 is 0 Å². The lowest BCUT2D eigenvalue weighted by molar-refractivity contribution is -0.136. The largest absolute Gasteiger partial charge is 0.355 e. The molecule has 0 radical (unpaired) electrons. The van der Waals surface area contributed by atoms with Crippen molar-refractivity contribution in [1.82, 2.24) is 19.8 Å². The molecule has 1 unspecified atom stereocenters. The van der Waals surface area contributed by atoms with Crippen LogP contribution in [0.2, 0.25) is 0 Å². The minimum absolute atomic E-state index is 0.182. The fraction of sp³-hybridized carbons (Fsp3) is 0.706. The van der Waals surface area contributed by atoms with E-state index in [-0.39, 0.29) is 5.92 Å². The second-order valence-electron chi connectivity index (χ2n) is 6.73. The van der Waals surface area contributed by atoms with Crippen LogP contribution >= 0.6 is 0 Å². The third kappa shape index (κ3) is 3.99. The fourth-order valence-corrected chi connectivity index (χ4v) is 3.61. The molecule has 1 aromatic heterocycles. The standard InChI is InChI=1S/C17H27N5O/c1-14-18-7-6-16(19-14)21-9-4-10-22(12-11-21)17(23)15-5-3-8-20(2)13-15/h6-7,15H,3-5,8-13H2,1-2H3. The zero-order chi connectivity index (χ0) is 16.2. The number of aryl methyl sites for hydroxylation is 1. The Morgan fingerprint density at radius 2 is 2.04 bits per heavy atom. The molecule has 2 fully saturated rings. The van der Waals surface area contributed by atoms with Crippen LogP contribution in [0, 0.1) is 12.8 Å². The molecule has 3 heterocycles. The maximum absolute atomic E-state index is 12.8. The molecule has 1 amide bonds. The van der Waals surface area contributed by atoms with E-state index in [0.29, 0.717) is 5.91 Å². The fourth-order valence-electron chi connectivity index (χ4n) is 3.61. The number of nitrogens with zero attached hydrogens (tertiary/aromatic N) is 5. The van der Waals surface area contributed by atoms with Gasteiger partial charge in [-0.3, -0.25) is 4.79 Å². The van der Waals surface area contributed by atoms with E-state index in [0.717, 1.165) is 70.2 Å². The smallest absolute Gasteiger partial charge is 0.227 e. The molecule has 0 N–H and O–H groups in total. The van der Waals surface area contributed by atoms with E-state index < -0.39 is 0 Å². The summed E-state index contributed by atoms with van der Waals surface area (Å²) in [6.45, 7) is 7.39. The van der Waals surface area contributed by atoms with Gasteiger partial charge in [0.1, 0.15) is 11.6 Å². The molecule has 0 spiro atoms. The summed E-state index contributed by atoms with van der Waals surface area (Å²) in [6.07, 6.45) is 4.97. The van der Waals surface area contributed by atoms with Gasteiger partial charge in [-0.1, -0.05) is 0 Å². The molecule has 0 aliphatic carbocycles. The Labute approximate surface area is 138 Å².